The number of rotatable bonds is 7. The molecule has 104 valence electrons. The molecule has 0 unspecified atom stereocenters. The van der Waals surface area contributed by atoms with Crippen LogP contribution in [0.1, 0.15) is 0 Å². The summed E-state index contributed by atoms with van der Waals surface area (Å²) in [5, 5.41) is 8.46. The topological polar surface area (TPSA) is 68.1 Å². The number of anilines is 1. The number of methoxy groups -OCH3 is 1. The maximum atomic E-state index is 5.04. The van der Waals surface area contributed by atoms with Crippen molar-refractivity contribution in [2.75, 3.05) is 45.7 Å². The largest absolute Gasteiger partial charge is 0.383 e. The van der Waals surface area contributed by atoms with Crippen LogP contribution < -0.4 is 5.32 Å². The maximum absolute atomic E-state index is 5.04. The van der Waals surface area contributed by atoms with Gasteiger partial charge in [-0.3, -0.25) is 4.68 Å². The van der Waals surface area contributed by atoms with Crippen LogP contribution in [-0.4, -0.2) is 65.0 Å². The van der Waals surface area contributed by atoms with Crippen LogP contribution in [0.15, 0.2) is 12.5 Å². The molecule has 2 rings (SSSR count). The summed E-state index contributed by atoms with van der Waals surface area (Å²) in [5.41, 5.74) is 0.838. The minimum absolute atomic E-state index is 0.747. The normalized spacial score (nSPS) is 11.4. The van der Waals surface area contributed by atoms with E-state index in [0.29, 0.717) is 0 Å². The quantitative estimate of drug-likeness (QED) is 0.778. The third-order valence-electron chi connectivity index (χ3n) is 2.99. The number of hydrogen-bond donors (Lipinski definition) is 1. The molecule has 0 aliphatic carbocycles. The Balaban J connectivity index is 1.91. The first kappa shape index (κ1) is 13.7. The van der Waals surface area contributed by atoms with E-state index >= 15 is 0 Å². The van der Waals surface area contributed by atoms with E-state index in [1.165, 1.54) is 0 Å². The van der Waals surface area contributed by atoms with Crippen molar-refractivity contribution in [1.82, 2.24) is 24.6 Å². The zero-order chi connectivity index (χ0) is 13.7. The summed E-state index contributed by atoms with van der Waals surface area (Å²) in [6.45, 7) is 3.41. The molecule has 1 N–H and O–H groups in total. The summed E-state index contributed by atoms with van der Waals surface area (Å²) in [7, 11) is 5.66. The standard InChI is InChI=1S/C12H20N6O/c1-17(6-7-19-3)5-4-13-11-10-8-16-18(2)12(10)15-9-14-11/h8-9H,4-7H2,1-3H3,(H,13,14,15). The number of fused-ring (bicyclic) bond motifs is 1. The third kappa shape index (κ3) is 3.39. The van der Waals surface area contributed by atoms with Gasteiger partial charge < -0.3 is 15.0 Å². The summed E-state index contributed by atoms with van der Waals surface area (Å²) in [5.74, 6) is 0.832. The molecule has 0 atom stereocenters. The summed E-state index contributed by atoms with van der Waals surface area (Å²) in [4.78, 5) is 10.7. The molecule has 0 aliphatic rings. The molecule has 0 fully saturated rings. The second-order valence-corrected chi connectivity index (χ2v) is 4.45. The lowest BCUT2D eigenvalue weighted by molar-refractivity contribution is 0.163. The lowest BCUT2D eigenvalue weighted by Gasteiger charge is -2.16. The van der Waals surface area contributed by atoms with Crippen molar-refractivity contribution in [1.29, 1.82) is 0 Å². The Hall–Kier alpha value is -1.73. The highest BCUT2D eigenvalue weighted by Gasteiger charge is 2.07. The van der Waals surface area contributed by atoms with Crippen molar-refractivity contribution in [2.24, 2.45) is 7.05 Å². The van der Waals surface area contributed by atoms with Crippen molar-refractivity contribution in [3.8, 4) is 0 Å². The number of likely N-dealkylation sites (N-methyl/N-ethyl adjacent to an activating group) is 1. The van der Waals surface area contributed by atoms with Gasteiger partial charge in [0.05, 0.1) is 18.2 Å². The smallest absolute Gasteiger partial charge is 0.163 e. The number of nitrogens with zero attached hydrogens (tertiary/aromatic N) is 5. The zero-order valence-electron chi connectivity index (χ0n) is 11.6. The van der Waals surface area contributed by atoms with E-state index in [4.69, 9.17) is 4.74 Å². The third-order valence-corrected chi connectivity index (χ3v) is 2.99. The van der Waals surface area contributed by atoms with Crippen molar-refractivity contribution in [3.63, 3.8) is 0 Å². The molecule has 2 aromatic rings. The molecule has 0 aromatic carbocycles. The molecule has 0 spiro atoms. The van der Waals surface area contributed by atoms with Gasteiger partial charge in [0.25, 0.3) is 0 Å². The van der Waals surface area contributed by atoms with E-state index in [0.717, 1.165) is 43.1 Å². The van der Waals surface area contributed by atoms with Crippen LogP contribution in [0.3, 0.4) is 0 Å². The zero-order valence-corrected chi connectivity index (χ0v) is 11.6. The molecular formula is C12H20N6O. The summed E-state index contributed by atoms with van der Waals surface area (Å²) >= 11 is 0. The monoisotopic (exact) mass is 264 g/mol. The molecule has 0 saturated carbocycles. The van der Waals surface area contributed by atoms with Gasteiger partial charge >= 0.3 is 0 Å². The summed E-state index contributed by atoms with van der Waals surface area (Å²) < 4.78 is 6.79. The van der Waals surface area contributed by atoms with E-state index in [1.807, 2.05) is 7.05 Å². The maximum Gasteiger partial charge on any atom is 0.163 e. The molecule has 0 aliphatic heterocycles. The van der Waals surface area contributed by atoms with Crippen LogP contribution in [0.5, 0.6) is 0 Å². The lowest BCUT2D eigenvalue weighted by Crippen LogP contribution is -2.28. The van der Waals surface area contributed by atoms with Gasteiger partial charge in [0.2, 0.25) is 0 Å². The molecule has 0 bridgehead atoms. The molecule has 7 heteroatoms. The molecule has 2 heterocycles. The SMILES string of the molecule is COCCN(C)CCNc1ncnc2c1cnn2C. The van der Waals surface area contributed by atoms with Gasteiger partial charge in [-0.2, -0.15) is 5.10 Å². The Kier molecular flexibility index (Phi) is 4.64. The Morgan fingerprint density at radius 2 is 2.21 bits per heavy atom. The molecule has 0 saturated heterocycles. The Labute approximate surface area is 112 Å². The van der Waals surface area contributed by atoms with Gasteiger partial charge in [-0.25, -0.2) is 9.97 Å². The molecule has 7 nitrogen and oxygen atoms in total. The fourth-order valence-corrected chi connectivity index (χ4v) is 1.83. The predicted molar refractivity (Wildman–Crippen MR) is 74.2 cm³/mol. The molecule has 0 radical (unpaired) electrons. The van der Waals surface area contributed by atoms with E-state index in [9.17, 15) is 0 Å². The van der Waals surface area contributed by atoms with Gasteiger partial charge in [-0.15, -0.1) is 0 Å². The van der Waals surface area contributed by atoms with Crippen LogP contribution in [0.25, 0.3) is 11.0 Å². The van der Waals surface area contributed by atoms with Crippen molar-refractivity contribution < 1.29 is 4.74 Å². The summed E-state index contributed by atoms with van der Waals surface area (Å²) in [6.07, 6.45) is 3.34. The number of aryl methyl sites for hydroxylation is 1. The fourth-order valence-electron chi connectivity index (χ4n) is 1.83. The van der Waals surface area contributed by atoms with E-state index in [2.05, 4.69) is 32.3 Å². The van der Waals surface area contributed by atoms with E-state index in [1.54, 1.807) is 24.3 Å². The van der Waals surface area contributed by atoms with Gasteiger partial charge in [0, 0.05) is 33.8 Å². The number of aromatic nitrogens is 4. The average Bonchev–Trinajstić information content (AvgIpc) is 2.79. The minimum Gasteiger partial charge on any atom is -0.383 e. The van der Waals surface area contributed by atoms with E-state index in [-0.39, 0.29) is 0 Å². The van der Waals surface area contributed by atoms with Gasteiger partial charge in [-0.1, -0.05) is 0 Å². The first-order valence-corrected chi connectivity index (χ1v) is 6.26. The highest BCUT2D eigenvalue weighted by Crippen LogP contribution is 2.17. The molecular weight excluding hydrogens is 244 g/mol. The van der Waals surface area contributed by atoms with Crippen molar-refractivity contribution in [2.45, 2.75) is 0 Å². The van der Waals surface area contributed by atoms with Crippen LogP contribution in [-0.2, 0) is 11.8 Å². The van der Waals surface area contributed by atoms with Crippen molar-refractivity contribution >= 4 is 16.9 Å². The van der Waals surface area contributed by atoms with Crippen LogP contribution in [0, 0.1) is 0 Å². The molecule has 0 amide bonds. The first-order chi connectivity index (χ1) is 9.22. The Morgan fingerprint density at radius 1 is 1.37 bits per heavy atom. The fraction of sp³-hybridized carbons (Fsp3) is 0.583. The van der Waals surface area contributed by atoms with Crippen LogP contribution in [0.4, 0.5) is 5.82 Å². The Bertz CT molecular complexity index is 526. The molecule has 2 aromatic heterocycles. The van der Waals surface area contributed by atoms with Crippen LogP contribution in [0.2, 0.25) is 0 Å². The second kappa shape index (κ2) is 6.44. The second-order valence-electron chi connectivity index (χ2n) is 4.45. The van der Waals surface area contributed by atoms with Crippen LogP contribution >= 0.6 is 0 Å². The summed E-state index contributed by atoms with van der Waals surface area (Å²) in [6, 6.07) is 0. The van der Waals surface area contributed by atoms with E-state index < -0.39 is 0 Å². The minimum atomic E-state index is 0.747. The first-order valence-electron chi connectivity index (χ1n) is 6.26. The lowest BCUT2D eigenvalue weighted by atomic mass is 10.4. The predicted octanol–water partition coefficient (Wildman–Crippen LogP) is 0.353. The average molecular weight is 264 g/mol. The van der Waals surface area contributed by atoms with Gasteiger partial charge in [0.15, 0.2) is 5.65 Å². The number of ether oxygens (including phenoxy) is 1. The van der Waals surface area contributed by atoms with Crippen molar-refractivity contribution in [3.05, 3.63) is 12.5 Å². The number of hydrogen-bond acceptors (Lipinski definition) is 6. The Morgan fingerprint density at radius 3 is 3.00 bits per heavy atom. The van der Waals surface area contributed by atoms with Gasteiger partial charge in [0.1, 0.15) is 12.1 Å². The molecule has 19 heavy (non-hydrogen) atoms. The highest BCUT2D eigenvalue weighted by atomic mass is 16.5. The van der Waals surface area contributed by atoms with Gasteiger partial charge in [-0.05, 0) is 7.05 Å². The number of nitrogens with one attached hydrogen (secondary N) is 1. The highest BCUT2D eigenvalue weighted by molar-refractivity contribution is 5.85.